The molecule has 0 unspecified atom stereocenters. The van der Waals surface area contributed by atoms with Gasteiger partial charge in [-0.1, -0.05) is 29.8 Å². The van der Waals surface area contributed by atoms with Crippen molar-refractivity contribution < 1.29 is 28.3 Å². The molecule has 1 aliphatic heterocycles. The van der Waals surface area contributed by atoms with E-state index in [4.69, 9.17) is 20.8 Å². The lowest BCUT2D eigenvalue weighted by atomic mass is 10.1. The van der Waals surface area contributed by atoms with Crippen molar-refractivity contribution in [3.05, 3.63) is 81.9 Å². The number of furan rings is 1. The summed E-state index contributed by atoms with van der Waals surface area (Å²) in [4.78, 5) is 50.5. The van der Waals surface area contributed by atoms with Gasteiger partial charge in [0, 0.05) is 17.3 Å². The number of para-hydroxylation sites is 1. The van der Waals surface area contributed by atoms with E-state index in [1.165, 1.54) is 6.08 Å². The van der Waals surface area contributed by atoms with Crippen LogP contribution in [0.15, 0.2) is 70.0 Å². The molecule has 35 heavy (non-hydrogen) atoms. The first-order valence-electron chi connectivity index (χ1n) is 10.5. The SMILES string of the molecule is CCOC(=O)c1cc(-c2ccc(/C=C3/SC(=O)N(CC(=O)Nc4ccccc4)C3=O)o2)ccc1Cl. The number of carbonyl (C=O) groups is 4. The van der Waals surface area contributed by atoms with E-state index in [0.29, 0.717) is 22.8 Å². The molecule has 0 spiro atoms. The standard InChI is InChI=1S/C25H19ClN2O6S/c1-2-33-24(31)18-12-15(8-10-19(18)26)20-11-9-17(34-20)13-21-23(30)28(25(32)35-21)14-22(29)27-16-6-4-3-5-7-16/h3-13H,2,14H2,1H3,(H,27,29)/b21-13+. The molecule has 178 valence electrons. The van der Waals surface area contributed by atoms with Crippen molar-refractivity contribution in [2.45, 2.75) is 6.92 Å². The molecule has 10 heteroatoms. The number of anilines is 1. The van der Waals surface area contributed by atoms with Gasteiger partial charge in [0.15, 0.2) is 0 Å². The molecule has 3 amide bonds. The van der Waals surface area contributed by atoms with Gasteiger partial charge in [-0.05, 0) is 61.2 Å². The average molecular weight is 511 g/mol. The monoisotopic (exact) mass is 510 g/mol. The van der Waals surface area contributed by atoms with Crippen LogP contribution in [0.2, 0.25) is 5.02 Å². The van der Waals surface area contributed by atoms with Crippen molar-refractivity contribution in [2.24, 2.45) is 0 Å². The number of hydrogen-bond donors (Lipinski definition) is 1. The predicted octanol–water partition coefficient (Wildman–Crippen LogP) is 5.45. The minimum absolute atomic E-state index is 0.131. The van der Waals surface area contributed by atoms with Gasteiger partial charge >= 0.3 is 5.97 Å². The van der Waals surface area contributed by atoms with Crippen LogP contribution in [0.25, 0.3) is 17.4 Å². The number of benzene rings is 2. The summed E-state index contributed by atoms with van der Waals surface area (Å²) in [5.74, 6) is -0.861. The molecule has 8 nitrogen and oxygen atoms in total. The van der Waals surface area contributed by atoms with Crippen molar-refractivity contribution in [2.75, 3.05) is 18.5 Å². The highest BCUT2D eigenvalue weighted by molar-refractivity contribution is 8.18. The summed E-state index contributed by atoms with van der Waals surface area (Å²) in [6, 6.07) is 16.9. The number of thioether (sulfide) groups is 1. The molecule has 0 saturated carbocycles. The van der Waals surface area contributed by atoms with Crippen molar-refractivity contribution in [3.63, 3.8) is 0 Å². The lowest BCUT2D eigenvalue weighted by Crippen LogP contribution is -2.36. The molecule has 1 saturated heterocycles. The van der Waals surface area contributed by atoms with Crippen LogP contribution in [0.1, 0.15) is 23.0 Å². The second kappa shape index (κ2) is 10.6. The number of ether oxygens (including phenoxy) is 1. The lowest BCUT2D eigenvalue weighted by Gasteiger charge is -2.12. The molecule has 2 heterocycles. The maximum absolute atomic E-state index is 12.7. The number of nitrogens with zero attached hydrogens (tertiary/aromatic N) is 1. The first-order valence-corrected chi connectivity index (χ1v) is 11.7. The first-order chi connectivity index (χ1) is 16.9. The van der Waals surface area contributed by atoms with Crippen molar-refractivity contribution in [1.82, 2.24) is 4.90 Å². The topological polar surface area (TPSA) is 106 Å². The summed E-state index contributed by atoms with van der Waals surface area (Å²) in [5.41, 5.74) is 1.36. The highest BCUT2D eigenvalue weighted by atomic mass is 35.5. The molecule has 1 N–H and O–H groups in total. The normalized spacial score (nSPS) is 14.5. The highest BCUT2D eigenvalue weighted by Gasteiger charge is 2.36. The Morgan fingerprint density at radius 1 is 1.11 bits per heavy atom. The third-order valence-corrected chi connectivity index (χ3v) is 6.12. The molecule has 3 aromatic rings. The van der Waals surface area contributed by atoms with E-state index in [-0.39, 0.29) is 22.1 Å². The van der Waals surface area contributed by atoms with Gasteiger partial charge in [-0.2, -0.15) is 0 Å². The van der Waals surface area contributed by atoms with E-state index < -0.39 is 29.6 Å². The number of imide groups is 1. The van der Waals surface area contributed by atoms with Gasteiger partial charge < -0.3 is 14.5 Å². The highest BCUT2D eigenvalue weighted by Crippen LogP contribution is 2.34. The van der Waals surface area contributed by atoms with E-state index in [0.717, 1.165) is 16.7 Å². The molecule has 0 bridgehead atoms. The van der Waals surface area contributed by atoms with Crippen molar-refractivity contribution in [1.29, 1.82) is 0 Å². The van der Waals surface area contributed by atoms with Crippen LogP contribution < -0.4 is 5.32 Å². The fourth-order valence-electron chi connectivity index (χ4n) is 3.26. The summed E-state index contributed by atoms with van der Waals surface area (Å²) in [6.07, 6.45) is 1.44. The van der Waals surface area contributed by atoms with Crippen LogP contribution >= 0.6 is 23.4 Å². The maximum Gasteiger partial charge on any atom is 0.339 e. The lowest BCUT2D eigenvalue weighted by molar-refractivity contribution is -0.127. The zero-order valence-corrected chi connectivity index (χ0v) is 20.0. The molecule has 0 aliphatic carbocycles. The number of hydrogen-bond acceptors (Lipinski definition) is 7. The van der Waals surface area contributed by atoms with Gasteiger partial charge in [0.05, 0.1) is 22.1 Å². The minimum Gasteiger partial charge on any atom is -0.462 e. The van der Waals surface area contributed by atoms with E-state index >= 15 is 0 Å². The smallest absolute Gasteiger partial charge is 0.339 e. The molecule has 0 atom stereocenters. The van der Waals surface area contributed by atoms with Crippen molar-refractivity contribution in [3.8, 4) is 11.3 Å². The minimum atomic E-state index is -0.586. The quantitative estimate of drug-likeness (QED) is 0.332. The fourth-order valence-corrected chi connectivity index (χ4v) is 4.27. The van der Waals surface area contributed by atoms with Crippen LogP contribution in [-0.2, 0) is 14.3 Å². The second-order valence-corrected chi connectivity index (χ2v) is 8.70. The molecule has 2 aromatic carbocycles. The van der Waals surface area contributed by atoms with E-state index in [9.17, 15) is 19.2 Å². The molecular weight excluding hydrogens is 492 g/mol. The number of rotatable bonds is 7. The number of nitrogens with one attached hydrogen (secondary N) is 1. The summed E-state index contributed by atoms with van der Waals surface area (Å²) < 4.78 is 10.8. The molecular formula is C25H19ClN2O6S. The summed E-state index contributed by atoms with van der Waals surface area (Å²) in [5, 5.41) is 2.35. The molecule has 4 rings (SSSR count). The molecule has 1 aliphatic rings. The van der Waals surface area contributed by atoms with Crippen molar-refractivity contribution >= 4 is 58.1 Å². The molecule has 0 radical (unpaired) electrons. The largest absolute Gasteiger partial charge is 0.462 e. The third-order valence-electron chi connectivity index (χ3n) is 4.88. The number of carbonyl (C=O) groups excluding carboxylic acids is 4. The van der Waals surface area contributed by atoms with Crippen LogP contribution in [-0.4, -0.2) is 41.1 Å². The number of amides is 3. The number of halogens is 1. The Morgan fingerprint density at radius 3 is 2.63 bits per heavy atom. The van der Waals surface area contributed by atoms with E-state index in [2.05, 4.69) is 5.32 Å². The van der Waals surface area contributed by atoms with Gasteiger partial charge in [0.2, 0.25) is 5.91 Å². The molecule has 1 aromatic heterocycles. The van der Waals surface area contributed by atoms with E-state index in [1.807, 2.05) is 6.07 Å². The number of esters is 1. The average Bonchev–Trinajstić information content (AvgIpc) is 3.40. The van der Waals surface area contributed by atoms with Gasteiger partial charge in [-0.25, -0.2) is 4.79 Å². The van der Waals surface area contributed by atoms with Crippen LogP contribution in [0.5, 0.6) is 0 Å². The Labute approximate surface area is 209 Å². The van der Waals surface area contributed by atoms with Gasteiger partial charge in [0.1, 0.15) is 18.1 Å². The second-order valence-electron chi connectivity index (χ2n) is 7.30. The Balaban J connectivity index is 1.47. The summed E-state index contributed by atoms with van der Waals surface area (Å²) in [6.45, 7) is 1.51. The van der Waals surface area contributed by atoms with Gasteiger partial charge in [0.25, 0.3) is 11.1 Å². The predicted molar refractivity (Wildman–Crippen MR) is 133 cm³/mol. The first kappa shape index (κ1) is 24.3. The van der Waals surface area contributed by atoms with Crippen LogP contribution in [0.3, 0.4) is 0 Å². The summed E-state index contributed by atoms with van der Waals surface area (Å²) >= 11 is 6.83. The van der Waals surface area contributed by atoms with Gasteiger partial charge in [-0.15, -0.1) is 0 Å². The fraction of sp³-hybridized carbons (Fsp3) is 0.120. The Kier molecular flexibility index (Phi) is 7.38. The van der Waals surface area contributed by atoms with E-state index in [1.54, 1.807) is 61.5 Å². The zero-order valence-electron chi connectivity index (χ0n) is 18.4. The maximum atomic E-state index is 12.7. The Hall–Kier alpha value is -3.82. The van der Waals surface area contributed by atoms with Crippen LogP contribution in [0.4, 0.5) is 10.5 Å². The van der Waals surface area contributed by atoms with Crippen LogP contribution in [0, 0.1) is 0 Å². The van der Waals surface area contributed by atoms with Gasteiger partial charge in [-0.3, -0.25) is 19.3 Å². The third kappa shape index (κ3) is 5.64. The molecule has 1 fully saturated rings. The Bertz CT molecular complexity index is 1330. The summed E-state index contributed by atoms with van der Waals surface area (Å²) in [7, 11) is 0. The zero-order chi connectivity index (χ0) is 24.9. The Morgan fingerprint density at radius 2 is 1.89 bits per heavy atom.